The molecule has 0 aliphatic heterocycles. The van der Waals surface area contributed by atoms with Crippen molar-refractivity contribution in [3.8, 4) is 0 Å². The molecule has 0 aliphatic rings. The van der Waals surface area contributed by atoms with Crippen LogP contribution in [0.15, 0.2) is 54.6 Å². The third kappa shape index (κ3) is 3.03. The lowest BCUT2D eigenvalue weighted by Crippen LogP contribution is -2.22. The second kappa shape index (κ2) is 7.15. The molecule has 1 atom stereocenters. The number of benzene rings is 2. The molecule has 0 fully saturated rings. The molecule has 0 aliphatic carbocycles. The highest BCUT2D eigenvalue weighted by molar-refractivity contribution is 6.04. The van der Waals surface area contributed by atoms with Gasteiger partial charge in [-0.15, -0.1) is 10.2 Å². The fourth-order valence-electron chi connectivity index (χ4n) is 3.53. The van der Waals surface area contributed by atoms with E-state index in [0.29, 0.717) is 6.42 Å². The van der Waals surface area contributed by atoms with E-state index < -0.39 is 0 Å². The van der Waals surface area contributed by atoms with Crippen molar-refractivity contribution in [2.75, 3.05) is 5.32 Å². The van der Waals surface area contributed by atoms with E-state index in [-0.39, 0.29) is 17.8 Å². The summed E-state index contributed by atoms with van der Waals surface area (Å²) in [5.74, 6) is -0.133. The normalized spacial score (nSPS) is 12.4. The minimum absolute atomic E-state index is 0.121. The Morgan fingerprint density at radius 2 is 1.78 bits per heavy atom. The molecule has 1 unspecified atom stereocenters. The molecule has 2 aromatic heterocycles. The van der Waals surface area contributed by atoms with Crippen LogP contribution in [0.3, 0.4) is 0 Å². The van der Waals surface area contributed by atoms with Crippen LogP contribution in [0.25, 0.3) is 22.1 Å². The van der Waals surface area contributed by atoms with Gasteiger partial charge in [0.05, 0.1) is 11.4 Å². The molecule has 4 rings (SSSR count). The Morgan fingerprint density at radius 1 is 1.04 bits per heavy atom. The van der Waals surface area contributed by atoms with Crippen LogP contribution in [0.1, 0.15) is 31.7 Å². The lowest BCUT2D eigenvalue weighted by atomic mass is 9.96. The van der Waals surface area contributed by atoms with Crippen molar-refractivity contribution in [2.45, 2.75) is 32.7 Å². The smallest absolute Gasteiger partial charge is 0.251 e. The molecule has 2 heterocycles. The van der Waals surface area contributed by atoms with E-state index in [2.05, 4.69) is 32.0 Å². The van der Waals surface area contributed by atoms with E-state index in [9.17, 15) is 4.79 Å². The fourth-order valence-corrected chi connectivity index (χ4v) is 3.53. The summed E-state index contributed by atoms with van der Waals surface area (Å²) in [6.45, 7) is 4.82. The van der Waals surface area contributed by atoms with Crippen LogP contribution < -0.4 is 5.32 Å². The molecule has 0 radical (unpaired) electrons. The maximum atomic E-state index is 12.8. The van der Waals surface area contributed by atoms with E-state index in [0.717, 1.165) is 34.2 Å². The average molecular weight is 359 g/mol. The molecule has 136 valence electrons. The first-order valence-electron chi connectivity index (χ1n) is 9.20. The highest BCUT2D eigenvalue weighted by Gasteiger charge is 2.20. The van der Waals surface area contributed by atoms with Crippen molar-refractivity contribution in [1.29, 1.82) is 0 Å². The molecule has 0 saturated heterocycles. The molecule has 0 spiro atoms. The van der Waals surface area contributed by atoms with E-state index >= 15 is 0 Å². The van der Waals surface area contributed by atoms with E-state index in [1.807, 2.05) is 61.5 Å². The first kappa shape index (κ1) is 17.1. The minimum Gasteiger partial charge on any atom is -0.324 e. The molecule has 1 amide bonds. The van der Waals surface area contributed by atoms with Gasteiger partial charge in [0.15, 0.2) is 5.65 Å². The van der Waals surface area contributed by atoms with Crippen LogP contribution in [0.5, 0.6) is 0 Å². The average Bonchev–Trinajstić information content (AvgIpc) is 3.02. The number of amides is 1. The number of hydrogen-bond donors (Lipinski definition) is 1. The van der Waals surface area contributed by atoms with E-state index in [1.54, 1.807) is 0 Å². The Labute approximate surface area is 157 Å². The van der Waals surface area contributed by atoms with Gasteiger partial charge in [-0.05, 0) is 25.0 Å². The standard InChI is InChI=1S/C21H21N5O/c1-3-15(14-10-6-5-7-11-14)20(27)23-21-22-19-18(24-25-21)16-12-8-9-13-17(16)26(19)4-2/h5-13,15H,3-4H2,1-2H3,(H,22,23,25,27). The summed E-state index contributed by atoms with van der Waals surface area (Å²) in [4.78, 5) is 17.4. The SMILES string of the molecule is CCC(C(=O)Nc1nnc2c3ccccc3n(CC)c2n1)c1ccccc1. The number of rotatable bonds is 5. The monoisotopic (exact) mass is 359 g/mol. The molecule has 6 heteroatoms. The summed E-state index contributed by atoms with van der Waals surface area (Å²) in [5.41, 5.74) is 3.53. The summed E-state index contributed by atoms with van der Waals surface area (Å²) in [6.07, 6.45) is 0.695. The highest BCUT2D eigenvalue weighted by Crippen LogP contribution is 2.26. The van der Waals surface area contributed by atoms with Crippen LogP contribution in [-0.2, 0) is 11.3 Å². The fraction of sp³-hybridized carbons (Fsp3) is 0.238. The van der Waals surface area contributed by atoms with E-state index in [1.165, 1.54) is 0 Å². The third-order valence-electron chi connectivity index (χ3n) is 4.85. The van der Waals surface area contributed by atoms with Crippen LogP contribution in [-0.4, -0.2) is 25.7 Å². The van der Waals surface area contributed by atoms with Crippen LogP contribution in [0, 0.1) is 0 Å². The maximum Gasteiger partial charge on any atom is 0.251 e. The quantitative estimate of drug-likeness (QED) is 0.581. The molecule has 6 nitrogen and oxygen atoms in total. The Bertz CT molecular complexity index is 1100. The van der Waals surface area contributed by atoms with Crippen molar-refractivity contribution >= 4 is 33.9 Å². The van der Waals surface area contributed by atoms with Gasteiger partial charge in [0, 0.05) is 11.9 Å². The summed E-state index contributed by atoms with van der Waals surface area (Å²) in [6, 6.07) is 17.8. The summed E-state index contributed by atoms with van der Waals surface area (Å²) in [5, 5.41) is 12.3. The van der Waals surface area contributed by atoms with Crippen molar-refractivity contribution in [1.82, 2.24) is 19.7 Å². The van der Waals surface area contributed by atoms with Crippen LogP contribution in [0.2, 0.25) is 0 Å². The predicted octanol–water partition coefficient (Wildman–Crippen LogP) is 4.13. The van der Waals surface area contributed by atoms with Gasteiger partial charge in [-0.1, -0.05) is 55.5 Å². The maximum absolute atomic E-state index is 12.8. The van der Waals surface area contributed by atoms with Gasteiger partial charge in [-0.2, -0.15) is 4.98 Å². The number of fused-ring (bicyclic) bond motifs is 3. The zero-order valence-corrected chi connectivity index (χ0v) is 15.4. The number of carbonyl (C=O) groups excluding carboxylic acids is 1. The lowest BCUT2D eigenvalue weighted by molar-refractivity contribution is -0.117. The predicted molar refractivity (Wildman–Crippen MR) is 107 cm³/mol. The number of carbonyl (C=O) groups is 1. The second-order valence-electron chi connectivity index (χ2n) is 6.43. The topological polar surface area (TPSA) is 72.7 Å². The zero-order chi connectivity index (χ0) is 18.8. The molecular weight excluding hydrogens is 338 g/mol. The van der Waals surface area contributed by atoms with Crippen molar-refractivity contribution in [2.24, 2.45) is 0 Å². The number of nitrogens with zero attached hydrogens (tertiary/aromatic N) is 4. The second-order valence-corrected chi connectivity index (χ2v) is 6.43. The van der Waals surface area contributed by atoms with Gasteiger partial charge in [-0.3, -0.25) is 10.1 Å². The van der Waals surface area contributed by atoms with Gasteiger partial charge in [0.2, 0.25) is 5.91 Å². The summed E-state index contributed by atoms with van der Waals surface area (Å²) < 4.78 is 2.09. The van der Waals surface area contributed by atoms with Crippen molar-refractivity contribution in [3.05, 3.63) is 60.2 Å². The number of anilines is 1. The van der Waals surface area contributed by atoms with E-state index in [4.69, 9.17) is 0 Å². The largest absolute Gasteiger partial charge is 0.324 e. The van der Waals surface area contributed by atoms with Crippen molar-refractivity contribution < 1.29 is 4.79 Å². The van der Waals surface area contributed by atoms with Gasteiger partial charge in [-0.25, -0.2) is 0 Å². The van der Waals surface area contributed by atoms with Gasteiger partial charge >= 0.3 is 0 Å². The first-order chi connectivity index (χ1) is 13.2. The molecule has 2 aromatic carbocycles. The molecule has 0 bridgehead atoms. The minimum atomic E-state index is -0.248. The van der Waals surface area contributed by atoms with Crippen molar-refractivity contribution in [3.63, 3.8) is 0 Å². The van der Waals surface area contributed by atoms with Gasteiger partial charge < -0.3 is 4.57 Å². The number of aryl methyl sites for hydroxylation is 1. The Hall–Kier alpha value is -3.28. The van der Waals surface area contributed by atoms with Gasteiger partial charge in [0.25, 0.3) is 5.95 Å². The Balaban J connectivity index is 1.70. The molecule has 27 heavy (non-hydrogen) atoms. The highest BCUT2D eigenvalue weighted by atomic mass is 16.2. The number of para-hydroxylation sites is 1. The van der Waals surface area contributed by atoms with Gasteiger partial charge in [0.1, 0.15) is 5.52 Å². The Kier molecular flexibility index (Phi) is 4.54. The lowest BCUT2D eigenvalue weighted by Gasteiger charge is -2.14. The Morgan fingerprint density at radius 3 is 2.52 bits per heavy atom. The van der Waals surface area contributed by atoms with Crippen LogP contribution in [0.4, 0.5) is 5.95 Å². The number of hydrogen-bond acceptors (Lipinski definition) is 4. The van der Waals surface area contributed by atoms with Crippen LogP contribution >= 0.6 is 0 Å². The molecule has 0 saturated carbocycles. The number of nitrogens with one attached hydrogen (secondary N) is 1. The zero-order valence-electron chi connectivity index (χ0n) is 15.4. The summed E-state index contributed by atoms with van der Waals surface area (Å²) in [7, 11) is 0. The first-order valence-corrected chi connectivity index (χ1v) is 9.20. The molecular formula is C21H21N5O. The summed E-state index contributed by atoms with van der Waals surface area (Å²) >= 11 is 0. The number of aromatic nitrogens is 4. The molecule has 1 N–H and O–H groups in total. The third-order valence-corrected chi connectivity index (χ3v) is 4.85. The molecule has 4 aromatic rings.